The Morgan fingerprint density at radius 3 is 1.00 bits per heavy atom. The molecule has 3 nitrogen and oxygen atoms in total. The van der Waals surface area contributed by atoms with Crippen molar-refractivity contribution < 1.29 is 15.1 Å². The zero-order chi connectivity index (χ0) is 3.58. The second-order valence-electron chi connectivity index (χ2n) is 0.289. The van der Waals surface area contributed by atoms with Crippen molar-refractivity contribution in [1.82, 2.24) is 0 Å². The first-order valence-electron chi connectivity index (χ1n) is 0.707. The normalized spacial score (nSPS) is 5.40. The van der Waals surface area contributed by atoms with Crippen molar-refractivity contribution >= 4 is 34.6 Å². The summed E-state index contributed by atoms with van der Waals surface area (Å²) in [6.07, 6.45) is 0. The van der Waals surface area contributed by atoms with Gasteiger partial charge in [0, 0.05) is 0 Å². The summed E-state index contributed by atoms with van der Waals surface area (Å²) in [5.41, 5.74) is 0. The van der Waals surface area contributed by atoms with Crippen LogP contribution in [-0.2, 0) is 0 Å². The summed E-state index contributed by atoms with van der Waals surface area (Å²) in [6, 6.07) is 0. The molecule has 0 aromatic rings. The van der Waals surface area contributed by atoms with Crippen LogP contribution in [0.5, 0.6) is 0 Å². The first kappa shape index (κ1) is 9.29. The molecule has 0 saturated carbocycles. The molecule has 0 unspecified atom stereocenters. The van der Waals surface area contributed by atoms with Crippen molar-refractivity contribution in [2.24, 2.45) is 0 Å². The molecule has 0 N–H and O–H groups in total. The van der Waals surface area contributed by atoms with Gasteiger partial charge in [-0.2, -0.15) is 0 Å². The summed E-state index contributed by atoms with van der Waals surface area (Å²) in [7, 11) is -2.92. The van der Waals surface area contributed by atoms with E-state index in [-0.39, 0.29) is 27.3 Å². The van der Waals surface area contributed by atoms with Crippen molar-refractivity contribution in [2.75, 3.05) is 0 Å². The van der Waals surface area contributed by atoms with E-state index in [4.69, 9.17) is 15.1 Å². The van der Waals surface area contributed by atoms with Gasteiger partial charge in [-0.05, 0) is 0 Å². The fraction of sp³-hybridized carbons (Fsp3) is 0. The molecule has 0 radical (unpaired) electrons. The Hall–Kier alpha value is 0.867. The Morgan fingerprint density at radius 2 is 1.00 bits per heavy atom. The Balaban J connectivity index is 0. The van der Waals surface area contributed by atoms with Crippen LogP contribution in [0.15, 0.2) is 0 Å². The van der Waals surface area contributed by atoms with Gasteiger partial charge >= 0.3 is 27.3 Å². The molecule has 0 aliphatic heterocycles. The van der Waals surface area contributed by atoms with Crippen LogP contribution in [0.25, 0.3) is 0 Å². The van der Waals surface area contributed by atoms with Gasteiger partial charge in [-0.15, -0.1) is 0 Å². The molecule has 0 amide bonds. The van der Waals surface area contributed by atoms with Crippen LogP contribution < -0.4 is 15.1 Å². The zero-order valence-corrected chi connectivity index (χ0v) is 6.87. The molecule has 0 bridgehead atoms. The summed E-state index contributed by atoms with van der Waals surface area (Å²) in [4.78, 5) is 0. The first-order valence-corrected chi connectivity index (χ1v) is 0.707. The minimum absolute atomic E-state index is 0. The van der Waals surface area contributed by atoms with E-state index in [0.717, 1.165) is 0 Å². The van der Waals surface area contributed by atoms with E-state index >= 15 is 0 Å². The number of hydrogen-bond acceptors (Lipinski definition) is 3. The molecule has 0 fully saturated rings. The van der Waals surface area contributed by atoms with E-state index in [1.54, 1.807) is 0 Å². The van der Waals surface area contributed by atoms with Gasteiger partial charge in [0.05, 0.1) is 0 Å². The Bertz CT molecular complexity index is 11.6. The molecule has 0 spiro atoms. The average molecular weight is 267 g/mol. The van der Waals surface area contributed by atoms with Crippen molar-refractivity contribution in [3.63, 3.8) is 0 Å². The van der Waals surface area contributed by atoms with Gasteiger partial charge in [0.15, 0.2) is 0 Å². The van der Waals surface area contributed by atoms with Crippen LogP contribution in [-0.4, -0.2) is 34.6 Å². The second kappa shape index (κ2) is 4.87. The van der Waals surface area contributed by atoms with E-state index in [2.05, 4.69) is 0 Å². The van der Waals surface area contributed by atoms with Crippen molar-refractivity contribution in [3.05, 3.63) is 0 Å². The van der Waals surface area contributed by atoms with Gasteiger partial charge in [0.1, 0.15) is 0 Å². The molecule has 0 aliphatic carbocycles. The van der Waals surface area contributed by atoms with Crippen LogP contribution in [0.3, 0.4) is 0 Å². The molecule has 0 aromatic carbocycles. The average Bonchev–Trinajstić information content (AvgIpc) is 0.811. The fourth-order valence-electron chi connectivity index (χ4n) is 0. The number of hydrogen-bond donors (Lipinski definition) is 0. The summed E-state index contributed by atoms with van der Waals surface area (Å²) < 4.78 is 0. The standard InChI is InChI=1S/BO3.Pb.H/c2-1(3)4;;/q-3;+3;. The van der Waals surface area contributed by atoms with Crippen molar-refractivity contribution in [1.29, 1.82) is 0 Å². The Morgan fingerprint density at radius 1 is 1.00 bits per heavy atom. The maximum atomic E-state index is 8.42. The van der Waals surface area contributed by atoms with E-state index in [9.17, 15) is 0 Å². The molecule has 0 aromatic heterocycles. The molecular formula is HBO3Pb. The molecular weight excluding hydrogens is 266 g/mol. The molecule has 26 valence electrons. The van der Waals surface area contributed by atoms with Crippen LogP contribution >= 0.6 is 0 Å². The fourth-order valence-corrected chi connectivity index (χ4v) is 0. The van der Waals surface area contributed by atoms with Crippen LogP contribution in [0.4, 0.5) is 0 Å². The molecule has 0 aliphatic rings. The van der Waals surface area contributed by atoms with Crippen LogP contribution in [0.1, 0.15) is 0 Å². The molecule has 0 atom stereocenters. The molecule has 0 heterocycles. The summed E-state index contributed by atoms with van der Waals surface area (Å²) >= 11 is 0. The third-order valence-electron chi connectivity index (χ3n) is 0. The van der Waals surface area contributed by atoms with Gasteiger partial charge in [0.25, 0.3) is 0 Å². The van der Waals surface area contributed by atoms with Crippen molar-refractivity contribution in [2.45, 2.75) is 0 Å². The Kier molecular flexibility index (Phi) is 9.05. The monoisotopic (exact) mass is 268 g/mol. The van der Waals surface area contributed by atoms with Gasteiger partial charge < -0.3 is 15.1 Å². The predicted octanol–water partition coefficient (Wildman–Crippen LogP) is -4.60. The van der Waals surface area contributed by atoms with E-state index in [0.29, 0.717) is 0 Å². The van der Waals surface area contributed by atoms with Crippen LogP contribution in [0, 0.1) is 0 Å². The molecule has 5 heteroatoms. The zero-order valence-electron chi connectivity index (χ0n) is 2.38. The SMILES string of the molecule is [O-]B([O-])[O-].[PbH+3]. The van der Waals surface area contributed by atoms with E-state index in [1.807, 2.05) is 0 Å². The third-order valence-corrected chi connectivity index (χ3v) is 0. The number of rotatable bonds is 0. The quantitative estimate of drug-likeness (QED) is 0.415. The van der Waals surface area contributed by atoms with Gasteiger partial charge in [-0.25, -0.2) is 0 Å². The second-order valence-corrected chi connectivity index (χ2v) is 0.289. The topological polar surface area (TPSA) is 69.2 Å². The minimum atomic E-state index is -2.92. The third kappa shape index (κ3) is 53.2. The van der Waals surface area contributed by atoms with Gasteiger partial charge in [-0.1, -0.05) is 0 Å². The maximum absolute atomic E-state index is 8.42. The first-order chi connectivity index (χ1) is 1.73. The Labute approximate surface area is 50.0 Å². The van der Waals surface area contributed by atoms with Crippen molar-refractivity contribution in [3.8, 4) is 0 Å². The predicted molar refractivity (Wildman–Crippen MR) is 12.9 cm³/mol. The van der Waals surface area contributed by atoms with Gasteiger partial charge in [0.2, 0.25) is 0 Å². The van der Waals surface area contributed by atoms with E-state index < -0.39 is 7.32 Å². The van der Waals surface area contributed by atoms with Crippen LogP contribution in [0.2, 0.25) is 0 Å². The van der Waals surface area contributed by atoms with E-state index in [1.165, 1.54) is 0 Å². The van der Waals surface area contributed by atoms with Gasteiger partial charge in [-0.3, -0.25) is 7.32 Å². The molecule has 5 heavy (non-hydrogen) atoms. The summed E-state index contributed by atoms with van der Waals surface area (Å²) in [5.74, 6) is 0. The molecule has 0 saturated heterocycles. The summed E-state index contributed by atoms with van der Waals surface area (Å²) in [6.45, 7) is 0. The molecule has 0 rings (SSSR count). The summed E-state index contributed by atoms with van der Waals surface area (Å²) in [5, 5.41) is 25.2.